The van der Waals surface area contributed by atoms with Crippen LogP contribution in [0.3, 0.4) is 0 Å². The Bertz CT molecular complexity index is 571. The zero-order chi connectivity index (χ0) is 28.5. The van der Waals surface area contributed by atoms with E-state index >= 15 is 0 Å². The summed E-state index contributed by atoms with van der Waals surface area (Å²) < 4.78 is 43.9. The first kappa shape index (κ1) is 35.4. The van der Waals surface area contributed by atoms with Gasteiger partial charge in [0.15, 0.2) is 12.6 Å². The summed E-state index contributed by atoms with van der Waals surface area (Å²) in [4.78, 5) is 0. The fraction of sp³-hybridized carbons (Fsp3) is 1.00. The molecule has 15 nitrogen and oxygen atoms in total. The van der Waals surface area contributed by atoms with E-state index in [0.29, 0.717) is 0 Å². The van der Waals surface area contributed by atoms with Gasteiger partial charge in [-0.1, -0.05) is 6.92 Å². The third-order valence-corrected chi connectivity index (χ3v) is 5.87. The van der Waals surface area contributed by atoms with E-state index < -0.39 is 67.8 Å². The van der Waals surface area contributed by atoms with Crippen molar-refractivity contribution in [1.29, 1.82) is 0 Å². The van der Waals surface area contributed by atoms with E-state index in [1.54, 1.807) is 6.92 Å². The lowest BCUT2D eigenvalue weighted by Gasteiger charge is -2.45. The van der Waals surface area contributed by atoms with Gasteiger partial charge < -0.3 is 73.6 Å². The minimum atomic E-state index is -1.86. The van der Waals surface area contributed by atoms with Crippen LogP contribution in [-0.4, -0.2) is 171 Å². The third-order valence-electron chi connectivity index (χ3n) is 5.87. The maximum atomic E-state index is 11.1. The van der Waals surface area contributed by atoms with Gasteiger partial charge in [0.05, 0.1) is 72.2 Å². The minimum absolute atomic E-state index is 0.0277. The van der Waals surface area contributed by atoms with Crippen molar-refractivity contribution in [3.8, 4) is 0 Å². The fourth-order valence-corrected chi connectivity index (χ4v) is 4.12. The van der Waals surface area contributed by atoms with Crippen LogP contribution < -0.4 is 0 Å². The van der Waals surface area contributed by atoms with E-state index in [-0.39, 0.29) is 59.5 Å². The molecule has 1 saturated heterocycles. The molecule has 38 heavy (non-hydrogen) atoms. The first-order valence-electron chi connectivity index (χ1n) is 12.5. The van der Waals surface area contributed by atoms with Crippen LogP contribution >= 0.6 is 0 Å². The van der Waals surface area contributed by atoms with Gasteiger partial charge >= 0.3 is 0 Å². The maximum Gasteiger partial charge on any atom is 0.186 e. The summed E-state index contributed by atoms with van der Waals surface area (Å²) in [6.45, 7) is 0.174. The highest BCUT2D eigenvalue weighted by atomic mass is 16.7. The van der Waals surface area contributed by atoms with E-state index in [1.807, 2.05) is 0 Å². The van der Waals surface area contributed by atoms with Gasteiger partial charge in [0.1, 0.15) is 36.6 Å². The molecule has 0 aromatic heterocycles. The Balaban J connectivity index is 3.13. The molecule has 7 N–H and O–H groups in total. The molecule has 0 spiro atoms. The van der Waals surface area contributed by atoms with Crippen LogP contribution in [0.2, 0.25) is 0 Å². The lowest BCUT2D eigenvalue weighted by atomic mass is 9.95. The molecule has 0 radical (unpaired) electrons. The van der Waals surface area contributed by atoms with E-state index in [2.05, 4.69) is 0 Å². The molecule has 1 aliphatic rings. The van der Waals surface area contributed by atoms with Gasteiger partial charge in [-0.05, 0) is 0 Å². The number of hydrogen-bond acceptors (Lipinski definition) is 15. The van der Waals surface area contributed by atoms with E-state index in [1.165, 1.54) is 14.2 Å². The molecule has 1 rings (SSSR count). The Kier molecular flexibility index (Phi) is 18.9. The van der Waals surface area contributed by atoms with E-state index in [4.69, 9.17) is 53.2 Å². The molecule has 1 aliphatic heterocycles. The van der Waals surface area contributed by atoms with Crippen LogP contribution in [0.25, 0.3) is 0 Å². The Labute approximate surface area is 222 Å². The van der Waals surface area contributed by atoms with Gasteiger partial charge in [0.25, 0.3) is 0 Å². The Morgan fingerprint density at radius 3 is 2.03 bits per heavy atom. The SMILES string of the molecule is COC(C(C)COCCO)[C@H](O)[C@H](OCCO)C(O)OC1C(O)C(OCCO)[C@H](OC)O[C@H]1COCCO. The summed E-state index contributed by atoms with van der Waals surface area (Å²) in [6.07, 6.45) is -11.6. The van der Waals surface area contributed by atoms with Crippen LogP contribution in [0.15, 0.2) is 0 Å². The van der Waals surface area contributed by atoms with Crippen LogP contribution in [0.1, 0.15) is 6.92 Å². The van der Waals surface area contributed by atoms with Crippen molar-refractivity contribution >= 4 is 0 Å². The zero-order valence-corrected chi connectivity index (χ0v) is 22.2. The number of methoxy groups -OCH3 is 2. The highest BCUT2D eigenvalue weighted by Crippen LogP contribution is 2.29. The van der Waals surface area contributed by atoms with Gasteiger partial charge in [-0.3, -0.25) is 0 Å². The largest absolute Gasteiger partial charge is 0.394 e. The van der Waals surface area contributed by atoms with Gasteiger partial charge in [-0.2, -0.15) is 0 Å². The van der Waals surface area contributed by atoms with Crippen LogP contribution in [0.5, 0.6) is 0 Å². The van der Waals surface area contributed by atoms with Crippen molar-refractivity contribution in [3.05, 3.63) is 0 Å². The molecular formula is C23H46O15. The summed E-state index contributed by atoms with van der Waals surface area (Å²) >= 11 is 0. The standard InChI is InChI=1S/C23H46O15/c1-14(12-33-8-4-24)18(31-2)16(28)20(35-10-6-26)22(30)38-19-15(13-34-9-5-25)37-23(32-3)21(17(19)29)36-11-7-27/h14-30H,4-13H2,1-3H3/t14?,15-,16-,17?,18?,19?,20-,21?,22?,23+/m0/s1. The average molecular weight is 563 g/mol. The third kappa shape index (κ3) is 11.1. The quantitative estimate of drug-likeness (QED) is 0.0498. The molecule has 1 fully saturated rings. The molecule has 15 heteroatoms. The van der Waals surface area contributed by atoms with Gasteiger partial charge in [0, 0.05) is 20.1 Å². The van der Waals surface area contributed by atoms with Crippen molar-refractivity contribution in [1.82, 2.24) is 0 Å². The van der Waals surface area contributed by atoms with E-state index in [0.717, 1.165) is 0 Å². The molecule has 0 bridgehead atoms. The fourth-order valence-electron chi connectivity index (χ4n) is 4.12. The predicted molar refractivity (Wildman–Crippen MR) is 128 cm³/mol. The summed E-state index contributed by atoms with van der Waals surface area (Å²) in [7, 11) is 2.69. The van der Waals surface area contributed by atoms with Gasteiger partial charge in [-0.15, -0.1) is 0 Å². The van der Waals surface area contributed by atoms with Crippen LogP contribution in [-0.2, 0) is 37.9 Å². The monoisotopic (exact) mass is 562 g/mol. The summed E-state index contributed by atoms with van der Waals surface area (Å²) in [5.41, 5.74) is 0. The number of aliphatic hydroxyl groups excluding tert-OH is 7. The normalized spacial score (nSPS) is 28.1. The molecule has 0 aliphatic carbocycles. The first-order chi connectivity index (χ1) is 18.3. The highest BCUT2D eigenvalue weighted by molar-refractivity contribution is 4.93. The zero-order valence-electron chi connectivity index (χ0n) is 22.2. The summed E-state index contributed by atoms with van der Waals surface area (Å²) in [6, 6.07) is 0. The molecule has 0 aromatic rings. The second-order valence-corrected chi connectivity index (χ2v) is 8.64. The second-order valence-electron chi connectivity index (χ2n) is 8.64. The smallest absolute Gasteiger partial charge is 0.186 e. The van der Waals surface area contributed by atoms with Gasteiger partial charge in [0.2, 0.25) is 0 Å². The first-order valence-corrected chi connectivity index (χ1v) is 12.5. The van der Waals surface area contributed by atoms with Crippen molar-refractivity contribution < 1.29 is 73.6 Å². The van der Waals surface area contributed by atoms with Crippen molar-refractivity contribution in [2.45, 2.75) is 62.2 Å². The summed E-state index contributed by atoms with van der Waals surface area (Å²) in [5.74, 6) is -0.407. The predicted octanol–water partition coefficient (Wildman–Crippen LogP) is -3.79. The number of rotatable bonds is 22. The molecule has 10 atom stereocenters. The van der Waals surface area contributed by atoms with E-state index in [9.17, 15) is 20.4 Å². The molecule has 0 aromatic carbocycles. The van der Waals surface area contributed by atoms with Crippen molar-refractivity contribution in [2.24, 2.45) is 5.92 Å². The molecule has 0 amide bonds. The lowest BCUT2D eigenvalue weighted by molar-refractivity contribution is -0.339. The number of ether oxygens (including phenoxy) is 8. The lowest BCUT2D eigenvalue weighted by Crippen LogP contribution is -2.63. The summed E-state index contributed by atoms with van der Waals surface area (Å²) in [5, 5.41) is 69.6. The molecule has 0 saturated carbocycles. The Morgan fingerprint density at radius 2 is 1.45 bits per heavy atom. The topological polar surface area (TPSA) is 215 Å². The molecule has 1 heterocycles. The second kappa shape index (κ2) is 20.3. The Morgan fingerprint density at radius 1 is 0.816 bits per heavy atom. The van der Waals surface area contributed by atoms with Crippen LogP contribution in [0, 0.1) is 5.92 Å². The number of hydrogen-bond donors (Lipinski definition) is 7. The van der Waals surface area contributed by atoms with Crippen molar-refractivity contribution in [2.75, 3.05) is 80.3 Å². The average Bonchev–Trinajstić information content (AvgIpc) is 2.90. The molecule has 6 unspecified atom stereocenters. The minimum Gasteiger partial charge on any atom is -0.394 e. The van der Waals surface area contributed by atoms with Crippen LogP contribution in [0.4, 0.5) is 0 Å². The number of aliphatic hydroxyl groups is 7. The Hall–Kier alpha value is -0.600. The van der Waals surface area contributed by atoms with Crippen molar-refractivity contribution in [3.63, 3.8) is 0 Å². The molecule has 228 valence electrons. The highest BCUT2D eigenvalue weighted by Gasteiger charge is 2.49. The van der Waals surface area contributed by atoms with Gasteiger partial charge in [-0.25, -0.2) is 0 Å². The molecular weight excluding hydrogens is 516 g/mol. The maximum absolute atomic E-state index is 11.1.